The van der Waals surface area contributed by atoms with Crippen LogP contribution in [0.2, 0.25) is 0 Å². The monoisotopic (exact) mass is 307 g/mol. The summed E-state index contributed by atoms with van der Waals surface area (Å²) in [6.07, 6.45) is 7.17. The van der Waals surface area contributed by atoms with Gasteiger partial charge in [0.25, 0.3) is 5.91 Å². The second kappa shape index (κ2) is 6.34. The van der Waals surface area contributed by atoms with Crippen LogP contribution < -0.4 is 5.73 Å². The van der Waals surface area contributed by atoms with Gasteiger partial charge in [-0.25, -0.2) is 0 Å². The first-order valence-corrected chi connectivity index (χ1v) is 8.16. The highest BCUT2D eigenvalue weighted by atomic mass is 16.3. The molecule has 2 fully saturated rings. The molecule has 0 radical (unpaired) electrons. The van der Waals surface area contributed by atoms with Crippen LogP contribution in [0.1, 0.15) is 42.6 Å². The first-order valence-electron chi connectivity index (χ1n) is 8.16. The van der Waals surface area contributed by atoms with Crippen molar-refractivity contribution >= 4 is 5.91 Å². The molecule has 0 aromatic carbocycles. The maximum atomic E-state index is 12.6. The minimum atomic E-state index is -0.123. The van der Waals surface area contributed by atoms with E-state index in [1.165, 1.54) is 12.8 Å². The predicted molar refractivity (Wildman–Crippen MR) is 81.1 cm³/mol. The van der Waals surface area contributed by atoms with E-state index in [4.69, 9.17) is 5.73 Å². The van der Waals surface area contributed by atoms with E-state index in [-0.39, 0.29) is 17.9 Å². The van der Waals surface area contributed by atoms with Crippen molar-refractivity contribution in [3.63, 3.8) is 0 Å². The number of aliphatic hydroxyl groups excluding tert-OH is 1. The SMILES string of the molecule is NCCn1cc(C(=O)N2CCC[C@@](CO)(CC3CC3)C2)nn1. The number of nitrogens with zero attached hydrogens (tertiary/aromatic N) is 4. The lowest BCUT2D eigenvalue weighted by Gasteiger charge is -2.41. The van der Waals surface area contributed by atoms with Crippen LogP contribution in [0, 0.1) is 11.3 Å². The largest absolute Gasteiger partial charge is 0.396 e. The number of carbonyl (C=O) groups is 1. The van der Waals surface area contributed by atoms with Crippen molar-refractivity contribution in [1.29, 1.82) is 0 Å². The zero-order valence-electron chi connectivity index (χ0n) is 12.9. The molecule has 7 nitrogen and oxygen atoms in total. The van der Waals surface area contributed by atoms with Crippen LogP contribution in [0.5, 0.6) is 0 Å². The van der Waals surface area contributed by atoms with Crippen molar-refractivity contribution in [3.05, 3.63) is 11.9 Å². The average molecular weight is 307 g/mol. The van der Waals surface area contributed by atoms with Gasteiger partial charge >= 0.3 is 0 Å². The summed E-state index contributed by atoms with van der Waals surface area (Å²) in [5.41, 5.74) is 5.73. The lowest BCUT2D eigenvalue weighted by Crippen LogP contribution is -2.48. The van der Waals surface area contributed by atoms with Gasteiger partial charge in [0.2, 0.25) is 0 Å². The summed E-state index contributed by atoms with van der Waals surface area (Å²) in [6, 6.07) is 0. The third kappa shape index (κ3) is 3.30. The topological polar surface area (TPSA) is 97.3 Å². The Morgan fingerprint density at radius 1 is 1.50 bits per heavy atom. The number of aromatic nitrogens is 3. The number of rotatable bonds is 6. The Labute approximate surface area is 130 Å². The number of aliphatic hydroxyl groups is 1. The van der Waals surface area contributed by atoms with E-state index < -0.39 is 0 Å². The number of amides is 1. The van der Waals surface area contributed by atoms with Gasteiger partial charge in [0.05, 0.1) is 19.3 Å². The Hall–Kier alpha value is -1.47. The fourth-order valence-electron chi connectivity index (χ4n) is 3.48. The van der Waals surface area contributed by atoms with E-state index in [9.17, 15) is 9.90 Å². The molecule has 3 N–H and O–H groups in total. The van der Waals surface area contributed by atoms with E-state index in [0.717, 1.165) is 31.7 Å². The molecule has 1 atom stereocenters. The molecule has 1 aliphatic heterocycles. The minimum Gasteiger partial charge on any atom is -0.396 e. The Kier molecular flexibility index (Phi) is 4.44. The second-order valence-electron chi connectivity index (χ2n) is 6.79. The van der Waals surface area contributed by atoms with Crippen LogP contribution in [0.3, 0.4) is 0 Å². The van der Waals surface area contributed by atoms with Crippen LogP contribution >= 0.6 is 0 Å². The van der Waals surface area contributed by atoms with Gasteiger partial charge in [0.1, 0.15) is 0 Å². The lowest BCUT2D eigenvalue weighted by molar-refractivity contribution is 0.0193. The van der Waals surface area contributed by atoms with Crippen molar-refractivity contribution in [3.8, 4) is 0 Å². The molecule has 7 heteroatoms. The van der Waals surface area contributed by atoms with Gasteiger partial charge in [-0.2, -0.15) is 0 Å². The zero-order valence-corrected chi connectivity index (χ0v) is 12.9. The average Bonchev–Trinajstić information content (AvgIpc) is 3.22. The van der Waals surface area contributed by atoms with E-state index >= 15 is 0 Å². The highest BCUT2D eigenvalue weighted by Gasteiger charge is 2.41. The first kappa shape index (κ1) is 15.4. The molecule has 2 heterocycles. The molecule has 1 aromatic heterocycles. The molecule has 1 saturated carbocycles. The van der Waals surface area contributed by atoms with Crippen LogP contribution in [-0.4, -0.2) is 57.1 Å². The summed E-state index contributed by atoms with van der Waals surface area (Å²) in [5.74, 6) is 0.657. The molecule has 2 aliphatic rings. The molecule has 3 rings (SSSR count). The van der Waals surface area contributed by atoms with Crippen molar-refractivity contribution < 1.29 is 9.90 Å². The molecule has 0 bridgehead atoms. The summed E-state index contributed by atoms with van der Waals surface area (Å²) in [5, 5.41) is 17.8. The molecule has 1 saturated heterocycles. The number of hydrogen-bond donors (Lipinski definition) is 2. The van der Waals surface area contributed by atoms with Crippen molar-refractivity contribution in [2.75, 3.05) is 26.2 Å². The Bertz CT molecular complexity index is 528. The first-order chi connectivity index (χ1) is 10.7. The van der Waals surface area contributed by atoms with Crippen LogP contribution in [0.4, 0.5) is 0 Å². The normalized spacial score (nSPS) is 25.5. The lowest BCUT2D eigenvalue weighted by atomic mass is 9.76. The fourth-order valence-corrected chi connectivity index (χ4v) is 3.48. The highest BCUT2D eigenvalue weighted by molar-refractivity contribution is 5.92. The molecule has 1 aromatic rings. The number of piperidine rings is 1. The van der Waals surface area contributed by atoms with E-state index in [1.807, 2.05) is 4.90 Å². The quantitative estimate of drug-likeness (QED) is 0.785. The molecule has 1 amide bonds. The van der Waals surface area contributed by atoms with E-state index in [0.29, 0.717) is 25.3 Å². The maximum absolute atomic E-state index is 12.6. The van der Waals surface area contributed by atoms with Crippen molar-refractivity contribution in [2.45, 2.75) is 38.6 Å². The molecule has 122 valence electrons. The van der Waals surface area contributed by atoms with Gasteiger partial charge in [0, 0.05) is 25.0 Å². The molecule has 22 heavy (non-hydrogen) atoms. The van der Waals surface area contributed by atoms with Gasteiger partial charge in [-0.05, 0) is 25.2 Å². The van der Waals surface area contributed by atoms with Gasteiger partial charge in [-0.1, -0.05) is 18.1 Å². The molecular weight excluding hydrogens is 282 g/mol. The van der Waals surface area contributed by atoms with Crippen LogP contribution in [-0.2, 0) is 6.54 Å². The molecular formula is C15H25N5O2. The third-order valence-electron chi connectivity index (χ3n) is 4.82. The van der Waals surface area contributed by atoms with Gasteiger partial charge in [-0.15, -0.1) is 5.10 Å². The molecule has 0 spiro atoms. The Balaban J connectivity index is 1.68. The molecule has 1 aliphatic carbocycles. The third-order valence-corrected chi connectivity index (χ3v) is 4.82. The summed E-state index contributed by atoms with van der Waals surface area (Å²) in [4.78, 5) is 14.5. The van der Waals surface area contributed by atoms with E-state index in [1.54, 1.807) is 10.9 Å². The van der Waals surface area contributed by atoms with Gasteiger partial charge in [0.15, 0.2) is 5.69 Å². The highest BCUT2D eigenvalue weighted by Crippen LogP contribution is 2.44. The number of hydrogen-bond acceptors (Lipinski definition) is 5. The van der Waals surface area contributed by atoms with Crippen molar-refractivity contribution in [2.24, 2.45) is 17.1 Å². The van der Waals surface area contributed by atoms with Gasteiger partial charge < -0.3 is 15.7 Å². The number of likely N-dealkylation sites (tertiary alicyclic amines) is 1. The standard InChI is InChI=1S/C15H25N5O2/c16-5-7-20-9-13(17-18-20)14(22)19-6-1-4-15(10-19,11-21)8-12-2-3-12/h9,12,21H,1-8,10-11,16H2/t15-/m1/s1. The fraction of sp³-hybridized carbons (Fsp3) is 0.800. The second-order valence-corrected chi connectivity index (χ2v) is 6.79. The Morgan fingerprint density at radius 2 is 2.32 bits per heavy atom. The summed E-state index contributed by atoms with van der Waals surface area (Å²) >= 11 is 0. The summed E-state index contributed by atoms with van der Waals surface area (Å²) in [7, 11) is 0. The summed E-state index contributed by atoms with van der Waals surface area (Å²) < 4.78 is 1.60. The smallest absolute Gasteiger partial charge is 0.276 e. The van der Waals surface area contributed by atoms with Crippen LogP contribution in [0.15, 0.2) is 6.20 Å². The minimum absolute atomic E-state index is 0.0865. The number of nitrogens with two attached hydrogens (primary N) is 1. The number of carbonyl (C=O) groups excluding carboxylic acids is 1. The predicted octanol–water partition coefficient (Wildman–Crippen LogP) is 0.252. The van der Waals surface area contributed by atoms with Gasteiger partial charge in [-0.3, -0.25) is 9.48 Å². The zero-order chi connectivity index (χ0) is 15.6. The Morgan fingerprint density at radius 3 is 3.00 bits per heavy atom. The molecule has 0 unspecified atom stereocenters. The van der Waals surface area contributed by atoms with Crippen LogP contribution in [0.25, 0.3) is 0 Å². The maximum Gasteiger partial charge on any atom is 0.276 e. The van der Waals surface area contributed by atoms with Crippen molar-refractivity contribution in [1.82, 2.24) is 19.9 Å². The van der Waals surface area contributed by atoms with E-state index in [2.05, 4.69) is 10.3 Å². The summed E-state index contributed by atoms with van der Waals surface area (Å²) in [6.45, 7) is 2.54.